The number of carbonyl (C=O) groups excluding carboxylic acids is 1. The Morgan fingerprint density at radius 2 is 1.62 bits per heavy atom. The third kappa shape index (κ3) is 5.71. The zero-order valence-electron chi connectivity index (χ0n) is 21.7. The van der Waals surface area contributed by atoms with E-state index in [9.17, 15) is 18.4 Å². The van der Waals surface area contributed by atoms with Crippen LogP contribution < -0.4 is 20.0 Å². The van der Waals surface area contributed by atoms with Crippen LogP contribution in [0.1, 0.15) is 38.2 Å². The summed E-state index contributed by atoms with van der Waals surface area (Å²) in [5.74, 6) is -0.0233. The zero-order valence-corrected chi connectivity index (χ0v) is 22.5. The lowest BCUT2D eigenvalue weighted by molar-refractivity contribution is -0.132. The number of piperidine rings is 1. The van der Waals surface area contributed by atoms with E-state index in [0.29, 0.717) is 32.8 Å². The molecule has 0 aliphatic carbocycles. The number of rotatable bonds is 9. The molecule has 2 aliphatic heterocycles. The van der Waals surface area contributed by atoms with Crippen LogP contribution in [0.5, 0.6) is 5.75 Å². The summed E-state index contributed by atoms with van der Waals surface area (Å²) in [7, 11) is -4.01. The number of anilines is 2. The number of benzene rings is 2. The van der Waals surface area contributed by atoms with E-state index in [1.165, 1.54) is 4.31 Å². The summed E-state index contributed by atoms with van der Waals surface area (Å²) in [5.41, 5.74) is 4.79. The molecule has 0 spiro atoms. The van der Waals surface area contributed by atoms with Gasteiger partial charge in [-0.1, -0.05) is 25.5 Å². The number of nitrogens with zero attached hydrogens (tertiary/aromatic N) is 3. The quantitative estimate of drug-likeness (QED) is 0.292. The van der Waals surface area contributed by atoms with Gasteiger partial charge in [0.1, 0.15) is 5.75 Å². The number of amides is 1. The number of aryl methyl sites for hydroxylation is 1. The second kappa shape index (κ2) is 11.7. The molecule has 10 heteroatoms. The van der Waals surface area contributed by atoms with E-state index < -0.39 is 20.7 Å². The van der Waals surface area contributed by atoms with Crippen molar-refractivity contribution in [2.24, 2.45) is 0 Å². The van der Waals surface area contributed by atoms with Crippen LogP contribution in [0.3, 0.4) is 0 Å². The fourth-order valence-corrected chi connectivity index (χ4v) is 7.29. The summed E-state index contributed by atoms with van der Waals surface area (Å²) < 4.78 is 33.2. The summed E-state index contributed by atoms with van der Waals surface area (Å²) >= 11 is 0. The highest BCUT2D eigenvalue weighted by Gasteiger charge is 2.55. The Morgan fingerprint density at radius 3 is 2.22 bits per heavy atom. The fourth-order valence-electron chi connectivity index (χ4n) is 5.18. The highest BCUT2D eigenvalue weighted by Crippen LogP contribution is 2.36. The lowest BCUT2D eigenvalue weighted by Gasteiger charge is -2.44. The molecule has 2 saturated heterocycles. The molecule has 4 rings (SSSR count). The molecule has 2 aromatic carbocycles. The lowest BCUT2D eigenvalue weighted by Crippen LogP contribution is -2.63. The van der Waals surface area contributed by atoms with Gasteiger partial charge in [-0.15, -0.1) is 0 Å². The van der Waals surface area contributed by atoms with Gasteiger partial charge in [0.2, 0.25) is 10.0 Å². The van der Waals surface area contributed by atoms with E-state index in [1.807, 2.05) is 49.4 Å². The van der Waals surface area contributed by atoms with Crippen LogP contribution in [0, 0.1) is 6.92 Å². The molecule has 2 N–H and O–H groups in total. The minimum absolute atomic E-state index is 0.107. The summed E-state index contributed by atoms with van der Waals surface area (Å²) in [6.45, 7) is 7.22. The van der Waals surface area contributed by atoms with Gasteiger partial charge in [0.25, 0.3) is 5.91 Å². The molecule has 9 nitrogen and oxygen atoms in total. The summed E-state index contributed by atoms with van der Waals surface area (Å²) in [5, 5.41) is 9.50. The standard InChI is InChI=1S/C27H38N4O5S/c1-3-4-20-36-25-10-8-23(9-11-25)30-16-18-31(19-17-30)37(34,35)27(26(32)28-33)12-14-29(15-13-27)24-7-5-6-22(2)21-24/h5-11,21,33H,3-4,12-20H2,1-2H3,(H,28,32). The first kappa shape index (κ1) is 27.2. The summed E-state index contributed by atoms with van der Waals surface area (Å²) in [4.78, 5) is 17.1. The molecule has 2 aromatic rings. The Morgan fingerprint density at radius 1 is 0.973 bits per heavy atom. The predicted molar refractivity (Wildman–Crippen MR) is 145 cm³/mol. The van der Waals surface area contributed by atoms with Gasteiger partial charge in [0, 0.05) is 50.6 Å². The normalized spacial score (nSPS) is 18.5. The number of hydrogen-bond acceptors (Lipinski definition) is 7. The van der Waals surface area contributed by atoms with Crippen molar-refractivity contribution in [3.63, 3.8) is 0 Å². The van der Waals surface area contributed by atoms with Crippen LogP contribution in [0.15, 0.2) is 48.5 Å². The van der Waals surface area contributed by atoms with E-state index in [1.54, 1.807) is 5.48 Å². The minimum atomic E-state index is -4.01. The number of hydroxylamine groups is 1. The molecule has 2 fully saturated rings. The largest absolute Gasteiger partial charge is 0.494 e. The van der Waals surface area contributed by atoms with Crippen molar-refractivity contribution in [1.82, 2.24) is 9.79 Å². The highest BCUT2D eigenvalue weighted by atomic mass is 32.2. The van der Waals surface area contributed by atoms with Crippen LogP contribution in [0.25, 0.3) is 0 Å². The van der Waals surface area contributed by atoms with Crippen molar-refractivity contribution >= 4 is 27.3 Å². The molecule has 2 heterocycles. The van der Waals surface area contributed by atoms with Gasteiger partial charge in [-0.2, -0.15) is 4.31 Å². The average Bonchev–Trinajstić information content (AvgIpc) is 2.93. The zero-order chi connectivity index (χ0) is 26.5. The number of nitrogens with one attached hydrogen (secondary N) is 1. The molecular weight excluding hydrogens is 492 g/mol. The second-order valence-corrected chi connectivity index (χ2v) is 12.1. The first-order valence-electron chi connectivity index (χ1n) is 13.0. The monoisotopic (exact) mass is 530 g/mol. The summed E-state index contributed by atoms with van der Waals surface area (Å²) in [6, 6.07) is 15.9. The van der Waals surface area contributed by atoms with Crippen LogP contribution >= 0.6 is 0 Å². The van der Waals surface area contributed by atoms with Crippen LogP contribution in [-0.2, 0) is 14.8 Å². The molecule has 2 aliphatic rings. The third-order valence-corrected chi connectivity index (χ3v) is 10.1. The number of ether oxygens (including phenoxy) is 1. The Labute approximate surface area is 220 Å². The van der Waals surface area contributed by atoms with E-state index in [0.717, 1.165) is 35.5 Å². The SMILES string of the molecule is CCCCOc1ccc(N2CCN(S(=O)(=O)C3(C(=O)NO)CCN(c4cccc(C)c4)CC3)CC2)cc1. The highest BCUT2D eigenvalue weighted by molar-refractivity contribution is 7.91. The number of unbranched alkanes of at least 4 members (excludes halogenated alkanes) is 1. The van der Waals surface area contributed by atoms with Crippen molar-refractivity contribution in [3.05, 3.63) is 54.1 Å². The van der Waals surface area contributed by atoms with Gasteiger partial charge in [-0.3, -0.25) is 10.0 Å². The van der Waals surface area contributed by atoms with Gasteiger partial charge in [0.05, 0.1) is 6.61 Å². The predicted octanol–water partition coefficient (Wildman–Crippen LogP) is 3.17. The van der Waals surface area contributed by atoms with Gasteiger partial charge in [-0.05, 0) is 68.1 Å². The number of hydrogen-bond donors (Lipinski definition) is 2. The first-order chi connectivity index (χ1) is 17.8. The van der Waals surface area contributed by atoms with Crippen LogP contribution in [0.2, 0.25) is 0 Å². The Kier molecular flexibility index (Phi) is 8.61. The molecule has 37 heavy (non-hydrogen) atoms. The Hall–Kier alpha value is -2.82. The maximum Gasteiger partial charge on any atom is 0.266 e. The fraction of sp³-hybridized carbons (Fsp3) is 0.519. The number of sulfonamides is 1. The van der Waals surface area contributed by atoms with Crippen LogP contribution in [-0.4, -0.2) is 74.5 Å². The molecule has 0 unspecified atom stereocenters. The van der Waals surface area contributed by atoms with E-state index >= 15 is 0 Å². The number of carbonyl (C=O) groups is 1. The van der Waals surface area contributed by atoms with Crippen molar-refractivity contribution < 1.29 is 23.2 Å². The van der Waals surface area contributed by atoms with Crippen molar-refractivity contribution in [2.45, 2.75) is 44.3 Å². The lowest BCUT2D eigenvalue weighted by atomic mass is 9.94. The van der Waals surface area contributed by atoms with E-state index in [2.05, 4.69) is 22.8 Å². The van der Waals surface area contributed by atoms with Gasteiger partial charge in [0.15, 0.2) is 4.75 Å². The average molecular weight is 531 g/mol. The summed E-state index contributed by atoms with van der Waals surface area (Å²) in [6.07, 6.45) is 2.31. The Bertz CT molecular complexity index is 1160. The molecule has 0 radical (unpaired) electrons. The topological polar surface area (TPSA) is 102 Å². The van der Waals surface area contributed by atoms with Crippen molar-refractivity contribution in [1.29, 1.82) is 0 Å². The smallest absolute Gasteiger partial charge is 0.266 e. The maximum absolute atomic E-state index is 13.9. The Balaban J connectivity index is 1.42. The second-order valence-electron chi connectivity index (χ2n) is 9.85. The van der Waals surface area contributed by atoms with Crippen molar-refractivity contribution in [3.8, 4) is 5.75 Å². The van der Waals surface area contributed by atoms with Crippen LogP contribution in [0.4, 0.5) is 11.4 Å². The maximum atomic E-state index is 13.9. The number of piperazine rings is 1. The molecule has 0 atom stereocenters. The van der Waals surface area contributed by atoms with E-state index in [4.69, 9.17) is 4.74 Å². The molecule has 1 amide bonds. The molecule has 0 aromatic heterocycles. The third-order valence-electron chi connectivity index (χ3n) is 7.49. The molecule has 0 bridgehead atoms. The van der Waals surface area contributed by atoms with Gasteiger partial charge >= 0.3 is 0 Å². The molecule has 202 valence electrons. The molecule has 0 saturated carbocycles. The molecular formula is C27H38N4O5S. The van der Waals surface area contributed by atoms with Gasteiger partial charge in [-0.25, -0.2) is 13.9 Å². The van der Waals surface area contributed by atoms with E-state index in [-0.39, 0.29) is 25.9 Å². The van der Waals surface area contributed by atoms with Gasteiger partial charge < -0.3 is 14.5 Å². The van der Waals surface area contributed by atoms with Crippen molar-refractivity contribution in [2.75, 3.05) is 55.7 Å². The minimum Gasteiger partial charge on any atom is -0.494 e. The first-order valence-corrected chi connectivity index (χ1v) is 14.5.